The van der Waals surface area contributed by atoms with Crippen molar-refractivity contribution in [3.05, 3.63) is 0 Å². The largest absolute Gasteiger partial charge is 0.444 e. The Labute approximate surface area is 128 Å². The Kier molecular flexibility index (Phi) is 5.15. The predicted molar refractivity (Wildman–Crippen MR) is 82.1 cm³/mol. The monoisotopic (exact) mass is 298 g/mol. The van der Waals surface area contributed by atoms with Crippen molar-refractivity contribution >= 4 is 6.09 Å². The number of nitrogens with zero attached hydrogens (tertiary/aromatic N) is 1. The lowest BCUT2D eigenvalue weighted by atomic mass is 9.90. The minimum atomic E-state index is -0.476. The molecule has 5 heteroatoms. The van der Waals surface area contributed by atoms with Gasteiger partial charge in [-0.3, -0.25) is 0 Å². The molecule has 1 saturated heterocycles. The van der Waals surface area contributed by atoms with Gasteiger partial charge in [-0.1, -0.05) is 0 Å². The molecule has 1 aliphatic heterocycles. The van der Waals surface area contributed by atoms with Crippen molar-refractivity contribution in [2.24, 2.45) is 11.8 Å². The van der Waals surface area contributed by atoms with Gasteiger partial charge in [-0.05, 0) is 58.8 Å². The number of hydrogen-bond acceptors (Lipinski definition) is 4. The SMILES string of the molecule is CC(O)C1CC(NC(=O)OC(C)(C)C)CN(CC2CC2)C1. The molecule has 1 amide bonds. The van der Waals surface area contributed by atoms with Gasteiger partial charge in [0.15, 0.2) is 0 Å². The molecular weight excluding hydrogens is 268 g/mol. The van der Waals surface area contributed by atoms with Crippen LogP contribution in [0.3, 0.4) is 0 Å². The van der Waals surface area contributed by atoms with Crippen molar-refractivity contribution < 1.29 is 14.6 Å². The molecule has 0 aromatic heterocycles. The summed E-state index contributed by atoms with van der Waals surface area (Å²) in [5, 5.41) is 12.9. The minimum absolute atomic E-state index is 0.0620. The van der Waals surface area contributed by atoms with Crippen LogP contribution in [0.15, 0.2) is 0 Å². The van der Waals surface area contributed by atoms with E-state index in [9.17, 15) is 9.90 Å². The average molecular weight is 298 g/mol. The van der Waals surface area contributed by atoms with Gasteiger partial charge in [0.25, 0.3) is 0 Å². The zero-order valence-electron chi connectivity index (χ0n) is 13.8. The van der Waals surface area contributed by atoms with Crippen LogP contribution in [-0.2, 0) is 4.74 Å². The zero-order valence-corrected chi connectivity index (χ0v) is 13.8. The summed E-state index contributed by atoms with van der Waals surface area (Å²) in [6.07, 6.45) is 2.76. The van der Waals surface area contributed by atoms with E-state index in [0.717, 1.165) is 32.0 Å². The number of amides is 1. The fraction of sp³-hybridized carbons (Fsp3) is 0.938. The molecule has 0 aromatic carbocycles. The number of alkyl carbamates (subject to hydrolysis) is 1. The second-order valence-electron chi connectivity index (χ2n) is 7.74. The summed E-state index contributed by atoms with van der Waals surface area (Å²) < 4.78 is 5.33. The summed E-state index contributed by atoms with van der Waals surface area (Å²) in [4.78, 5) is 14.3. The maximum Gasteiger partial charge on any atom is 0.407 e. The Morgan fingerprint density at radius 3 is 2.57 bits per heavy atom. The maximum absolute atomic E-state index is 11.9. The van der Waals surface area contributed by atoms with Gasteiger partial charge in [0.2, 0.25) is 0 Å². The van der Waals surface area contributed by atoms with Gasteiger partial charge >= 0.3 is 6.09 Å². The molecule has 0 aromatic rings. The second kappa shape index (κ2) is 6.53. The molecule has 2 N–H and O–H groups in total. The van der Waals surface area contributed by atoms with Crippen molar-refractivity contribution in [1.29, 1.82) is 0 Å². The highest BCUT2D eigenvalue weighted by atomic mass is 16.6. The molecule has 0 radical (unpaired) electrons. The van der Waals surface area contributed by atoms with E-state index >= 15 is 0 Å². The third-order valence-electron chi connectivity index (χ3n) is 4.17. The third-order valence-corrected chi connectivity index (χ3v) is 4.17. The molecule has 0 spiro atoms. The summed E-state index contributed by atoms with van der Waals surface area (Å²) in [5.74, 6) is 1.04. The van der Waals surface area contributed by atoms with Crippen molar-refractivity contribution in [2.45, 2.75) is 64.7 Å². The number of rotatable bonds is 4. The summed E-state index contributed by atoms with van der Waals surface area (Å²) in [6.45, 7) is 10.3. The van der Waals surface area contributed by atoms with E-state index in [0.29, 0.717) is 0 Å². The fourth-order valence-corrected chi connectivity index (χ4v) is 2.98. The molecule has 2 fully saturated rings. The van der Waals surface area contributed by atoms with Gasteiger partial charge in [-0.25, -0.2) is 4.79 Å². The van der Waals surface area contributed by atoms with Crippen LogP contribution >= 0.6 is 0 Å². The predicted octanol–water partition coefficient (Wildman–Crippen LogP) is 1.99. The molecule has 2 rings (SSSR count). The van der Waals surface area contributed by atoms with Crippen LogP contribution in [0.1, 0.15) is 47.0 Å². The highest BCUT2D eigenvalue weighted by molar-refractivity contribution is 5.68. The number of nitrogens with one attached hydrogen (secondary N) is 1. The van der Waals surface area contributed by atoms with Crippen molar-refractivity contribution in [1.82, 2.24) is 10.2 Å². The molecular formula is C16H30N2O3. The zero-order chi connectivity index (χ0) is 15.6. The Morgan fingerprint density at radius 2 is 2.05 bits per heavy atom. The number of piperidine rings is 1. The first-order valence-electron chi connectivity index (χ1n) is 8.13. The Morgan fingerprint density at radius 1 is 1.38 bits per heavy atom. The van der Waals surface area contributed by atoms with E-state index in [1.165, 1.54) is 12.8 Å². The maximum atomic E-state index is 11.9. The van der Waals surface area contributed by atoms with Gasteiger partial charge in [0, 0.05) is 25.7 Å². The second-order valence-corrected chi connectivity index (χ2v) is 7.74. The van der Waals surface area contributed by atoms with E-state index in [1.54, 1.807) is 0 Å². The quantitative estimate of drug-likeness (QED) is 0.833. The van der Waals surface area contributed by atoms with Crippen molar-refractivity contribution in [3.8, 4) is 0 Å². The highest BCUT2D eigenvalue weighted by Crippen LogP contribution is 2.31. The first-order chi connectivity index (χ1) is 9.73. The van der Waals surface area contributed by atoms with E-state index in [2.05, 4.69) is 10.2 Å². The smallest absolute Gasteiger partial charge is 0.407 e. The lowest BCUT2D eigenvalue weighted by Gasteiger charge is -2.39. The van der Waals surface area contributed by atoms with Crippen LogP contribution in [0.5, 0.6) is 0 Å². The fourth-order valence-electron chi connectivity index (χ4n) is 2.98. The van der Waals surface area contributed by atoms with Gasteiger partial charge < -0.3 is 20.1 Å². The highest BCUT2D eigenvalue weighted by Gasteiger charge is 2.34. The molecule has 3 atom stereocenters. The lowest BCUT2D eigenvalue weighted by molar-refractivity contribution is 0.0291. The number of carbonyl (C=O) groups excluding carboxylic acids is 1. The summed E-state index contributed by atoms with van der Waals surface area (Å²) in [6, 6.07) is 0.0620. The normalized spacial score (nSPS) is 29.0. The molecule has 3 unspecified atom stereocenters. The van der Waals surface area contributed by atoms with E-state index in [4.69, 9.17) is 4.74 Å². The molecule has 21 heavy (non-hydrogen) atoms. The number of aliphatic hydroxyl groups is 1. The molecule has 1 saturated carbocycles. The van der Waals surface area contributed by atoms with Crippen LogP contribution in [0.25, 0.3) is 0 Å². The van der Waals surface area contributed by atoms with Gasteiger partial charge in [0.05, 0.1) is 6.10 Å². The van der Waals surface area contributed by atoms with Gasteiger partial charge in [-0.2, -0.15) is 0 Å². The lowest BCUT2D eigenvalue weighted by Crippen LogP contribution is -2.53. The Balaban J connectivity index is 1.88. The number of aliphatic hydroxyl groups excluding tert-OH is 1. The van der Waals surface area contributed by atoms with E-state index < -0.39 is 5.60 Å². The van der Waals surface area contributed by atoms with E-state index in [-0.39, 0.29) is 24.2 Å². The molecule has 5 nitrogen and oxygen atoms in total. The van der Waals surface area contributed by atoms with Crippen LogP contribution in [0, 0.1) is 11.8 Å². The summed E-state index contributed by atoms with van der Waals surface area (Å²) in [7, 11) is 0. The van der Waals surface area contributed by atoms with E-state index in [1.807, 2.05) is 27.7 Å². The molecule has 122 valence electrons. The average Bonchev–Trinajstić information content (AvgIpc) is 3.09. The number of carbonyl (C=O) groups is 1. The van der Waals surface area contributed by atoms with Crippen LogP contribution in [0.4, 0.5) is 4.79 Å². The van der Waals surface area contributed by atoms with Gasteiger partial charge in [0.1, 0.15) is 5.60 Å². The Bertz CT molecular complexity index is 361. The van der Waals surface area contributed by atoms with Crippen LogP contribution in [-0.4, -0.2) is 53.5 Å². The first-order valence-corrected chi connectivity index (χ1v) is 8.13. The Hall–Kier alpha value is -0.810. The van der Waals surface area contributed by atoms with Crippen molar-refractivity contribution in [2.75, 3.05) is 19.6 Å². The topological polar surface area (TPSA) is 61.8 Å². The third kappa shape index (κ3) is 5.83. The van der Waals surface area contributed by atoms with Crippen LogP contribution in [0.2, 0.25) is 0 Å². The number of likely N-dealkylation sites (tertiary alicyclic amines) is 1. The van der Waals surface area contributed by atoms with Gasteiger partial charge in [-0.15, -0.1) is 0 Å². The van der Waals surface area contributed by atoms with Crippen molar-refractivity contribution in [3.63, 3.8) is 0 Å². The summed E-state index contributed by atoms with van der Waals surface area (Å²) >= 11 is 0. The summed E-state index contributed by atoms with van der Waals surface area (Å²) in [5.41, 5.74) is -0.476. The van der Waals surface area contributed by atoms with Crippen LogP contribution < -0.4 is 5.32 Å². The standard InChI is InChI=1S/C16H30N2O3/c1-11(19)13-7-14(17-15(20)21-16(2,3)4)10-18(9-13)8-12-5-6-12/h11-14,19H,5-10H2,1-4H3,(H,17,20). The number of ether oxygens (including phenoxy) is 1. The minimum Gasteiger partial charge on any atom is -0.444 e. The first kappa shape index (κ1) is 16.6. The molecule has 2 aliphatic rings. The molecule has 1 heterocycles. The number of hydrogen-bond donors (Lipinski definition) is 2. The molecule has 1 aliphatic carbocycles. The molecule has 0 bridgehead atoms.